The Bertz CT molecular complexity index is 1380. The molecule has 0 radical (unpaired) electrons. The van der Waals surface area contributed by atoms with Gasteiger partial charge in [-0.2, -0.15) is 5.10 Å². The Morgan fingerprint density at radius 1 is 1.03 bits per heavy atom. The minimum atomic E-state index is -0.526. The van der Waals surface area contributed by atoms with E-state index in [1.165, 1.54) is 0 Å². The number of aryl methyl sites for hydroxylation is 1. The van der Waals surface area contributed by atoms with Crippen LogP contribution in [0.4, 0.5) is 0 Å². The summed E-state index contributed by atoms with van der Waals surface area (Å²) in [5.41, 5.74) is 3.84. The number of fused-ring (bicyclic) bond motifs is 1. The van der Waals surface area contributed by atoms with Crippen molar-refractivity contribution in [1.29, 1.82) is 0 Å². The molecule has 1 atom stereocenters. The molecular weight excluding hydrogens is 438 g/mol. The zero-order chi connectivity index (χ0) is 23.7. The maximum Gasteiger partial charge on any atom is 0.256 e. The number of benzene rings is 2. The fraction of sp³-hybridized carbons (Fsp3) is 0.429. The molecule has 35 heavy (non-hydrogen) atoms. The van der Waals surface area contributed by atoms with Crippen LogP contribution < -0.4 is 0 Å². The lowest BCUT2D eigenvalue weighted by Gasteiger charge is -2.23. The molecule has 2 saturated carbocycles. The molecule has 7 rings (SSSR count). The SMILES string of the molecule is Cn1ncc2cc(-c3ccc(C4=NC5(CC5)C(=O)N4C[C@H]4CCN(C(=O)C5CC5)C4)cc3)ccc21. The first kappa shape index (κ1) is 20.9. The van der Waals surface area contributed by atoms with Crippen LogP contribution in [0.3, 0.4) is 0 Å². The normalized spacial score (nSPS) is 22.9. The second kappa shape index (κ2) is 7.51. The zero-order valence-electron chi connectivity index (χ0n) is 20.0. The van der Waals surface area contributed by atoms with Crippen LogP contribution in [0.25, 0.3) is 22.0 Å². The lowest BCUT2D eigenvalue weighted by Crippen LogP contribution is -2.40. The molecule has 2 amide bonds. The Balaban J connectivity index is 1.12. The Labute approximate surface area is 204 Å². The predicted octanol–water partition coefficient (Wildman–Crippen LogP) is 3.62. The molecule has 3 fully saturated rings. The highest BCUT2D eigenvalue weighted by Gasteiger charge is 2.57. The first-order chi connectivity index (χ1) is 17.0. The van der Waals surface area contributed by atoms with Crippen molar-refractivity contribution >= 4 is 28.6 Å². The summed E-state index contributed by atoms with van der Waals surface area (Å²) in [6, 6.07) is 14.8. The lowest BCUT2D eigenvalue weighted by atomic mass is 10.0. The third kappa shape index (κ3) is 3.48. The molecule has 2 aliphatic heterocycles. The van der Waals surface area contributed by atoms with Crippen LogP contribution in [0.5, 0.6) is 0 Å². The standard InChI is InChI=1S/C28H29N5O2/c1-31-24-9-8-22(14-23(24)15-29-31)19-2-4-20(5-3-19)25-30-28(11-12-28)27(35)33(25)17-18-10-13-32(16-18)26(34)21-6-7-21/h2-5,8-9,14-15,18,21H,6-7,10-13,16-17H2,1H3/t18-/m0/s1. The van der Waals surface area contributed by atoms with Gasteiger partial charge in [0, 0.05) is 43.5 Å². The van der Waals surface area contributed by atoms with Crippen LogP contribution in [0.2, 0.25) is 0 Å². The van der Waals surface area contributed by atoms with Gasteiger partial charge < -0.3 is 4.90 Å². The van der Waals surface area contributed by atoms with Crippen LogP contribution in [0, 0.1) is 11.8 Å². The number of aliphatic imine (C=N–C) groups is 1. The van der Waals surface area contributed by atoms with E-state index in [4.69, 9.17) is 4.99 Å². The van der Waals surface area contributed by atoms with Crippen molar-refractivity contribution < 1.29 is 9.59 Å². The first-order valence-electron chi connectivity index (χ1n) is 12.7. The maximum absolute atomic E-state index is 13.3. The van der Waals surface area contributed by atoms with Gasteiger partial charge >= 0.3 is 0 Å². The number of amidine groups is 1. The van der Waals surface area contributed by atoms with Gasteiger partial charge in [0.05, 0.1) is 11.7 Å². The summed E-state index contributed by atoms with van der Waals surface area (Å²) >= 11 is 0. The molecule has 2 aliphatic carbocycles. The second-order valence-electron chi connectivity index (χ2n) is 10.7. The van der Waals surface area contributed by atoms with Crippen molar-refractivity contribution in [3.63, 3.8) is 0 Å². The number of hydrogen-bond donors (Lipinski definition) is 0. The average molecular weight is 468 g/mol. The van der Waals surface area contributed by atoms with Crippen molar-refractivity contribution in [2.75, 3.05) is 19.6 Å². The molecule has 7 heteroatoms. The second-order valence-corrected chi connectivity index (χ2v) is 10.7. The van der Waals surface area contributed by atoms with Gasteiger partial charge in [-0.3, -0.25) is 24.2 Å². The van der Waals surface area contributed by atoms with Gasteiger partial charge in [0.25, 0.3) is 5.91 Å². The minimum absolute atomic E-state index is 0.144. The zero-order valence-corrected chi connectivity index (χ0v) is 20.0. The highest BCUT2D eigenvalue weighted by molar-refractivity contribution is 6.16. The largest absolute Gasteiger partial charge is 0.342 e. The number of carbonyl (C=O) groups is 2. The Morgan fingerprint density at radius 3 is 2.51 bits per heavy atom. The average Bonchev–Trinajstić information content (AvgIpc) is 3.78. The van der Waals surface area contributed by atoms with E-state index in [2.05, 4.69) is 47.6 Å². The van der Waals surface area contributed by atoms with E-state index >= 15 is 0 Å². The first-order valence-corrected chi connectivity index (χ1v) is 12.7. The summed E-state index contributed by atoms with van der Waals surface area (Å²) in [6.07, 6.45) is 6.60. The number of carbonyl (C=O) groups excluding carboxylic acids is 2. The number of nitrogens with zero attached hydrogens (tertiary/aromatic N) is 5. The summed E-state index contributed by atoms with van der Waals surface area (Å²) in [5.74, 6) is 1.82. The molecule has 1 aromatic heterocycles. The monoisotopic (exact) mass is 467 g/mol. The van der Waals surface area contributed by atoms with Crippen molar-refractivity contribution in [3.05, 3.63) is 54.2 Å². The van der Waals surface area contributed by atoms with Crippen LogP contribution in [0.1, 0.15) is 37.7 Å². The summed E-state index contributed by atoms with van der Waals surface area (Å²) in [7, 11) is 1.95. The van der Waals surface area contributed by atoms with E-state index in [1.807, 2.05) is 27.7 Å². The lowest BCUT2D eigenvalue weighted by molar-refractivity contribution is -0.131. The van der Waals surface area contributed by atoms with Crippen molar-refractivity contribution in [2.45, 2.75) is 37.6 Å². The summed E-state index contributed by atoms with van der Waals surface area (Å²) < 4.78 is 1.88. The fourth-order valence-corrected chi connectivity index (χ4v) is 5.68. The molecule has 4 aliphatic rings. The molecule has 0 N–H and O–H groups in total. The van der Waals surface area contributed by atoms with Crippen LogP contribution in [-0.4, -0.2) is 62.4 Å². The summed E-state index contributed by atoms with van der Waals surface area (Å²) in [4.78, 5) is 34.7. The number of aromatic nitrogens is 2. The number of rotatable bonds is 5. The number of hydrogen-bond acceptors (Lipinski definition) is 4. The molecule has 0 unspecified atom stereocenters. The van der Waals surface area contributed by atoms with Gasteiger partial charge in [-0.05, 0) is 61.3 Å². The molecule has 2 aromatic carbocycles. The van der Waals surface area contributed by atoms with Crippen LogP contribution in [0.15, 0.2) is 53.7 Å². The molecule has 1 spiro atoms. The van der Waals surface area contributed by atoms with Gasteiger partial charge in [0.1, 0.15) is 11.4 Å². The van der Waals surface area contributed by atoms with Gasteiger partial charge in [0.2, 0.25) is 5.91 Å². The smallest absolute Gasteiger partial charge is 0.256 e. The molecule has 7 nitrogen and oxygen atoms in total. The van der Waals surface area contributed by atoms with E-state index in [0.717, 1.165) is 78.6 Å². The Hall–Kier alpha value is -3.48. The van der Waals surface area contributed by atoms with E-state index in [1.54, 1.807) is 0 Å². The third-order valence-corrected chi connectivity index (χ3v) is 8.13. The quantitative estimate of drug-likeness (QED) is 0.576. The fourth-order valence-electron chi connectivity index (χ4n) is 5.68. The summed E-state index contributed by atoms with van der Waals surface area (Å²) in [5, 5.41) is 5.46. The van der Waals surface area contributed by atoms with E-state index in [0.29, 0.717) is 18.4 Å². The Kier molecular flexibility index (Phi) is 4.47. The van der Waals surface area contributed by atoms with Gasteiger partial charge in [-0.25, -0.2) is 0 Å². The van der Waals surface area contributed by atoms with Crippen LogP contribution in [-0.2, 0) is 16.6 Å². The van der Waals surface area contributed by atoms with Gasteiger partial charge in [-0.15, -0.1) is 0 Å². The minimum Gasteiger partial charge on any atom is -0.342 e. The maximum atomic E-state index is 13.3. The molecule has 0 bridgehead atoms. The highest BCUT2D eigenvalue weighted by atomic mass is 16.2. The van der Waals surface area contributed by atoms with Crippen molar-refractivity contribution in [3.8, 4) is 11.1 Å². The van der Waals surface area contributed by atoms with Crippen molar-refractivity contribution in [2.24, 2.45) is 23.9 Å². The third-order valence-electron chi connectivity index (χ3n) is 8.13. The molecule has 3 heterocycles. The van der Waals surface area contributed by atoms with E-state index in [9.17, 15) is 9.59 Å². The van der Waals surface area contributed by atoms with Crippen LogP contribution >= 0.6 is 0 Å². The summed E-state index contributed by atoms with van der Waals surface area (Å²) in [6.45, 7) is 2.22. The van der Waals surface area contributed by atoms with E-state index in [-0.39, 0.29) is 11.8 Å². The highest BCUT2D eigenvalue weighted by Crippen LogP contribution is 2.46. The number of likely N-dealkylation sites (tertiary alicyclic amines) is 1. The van der Waals surface area contributed by atoms with Gasteiger partial charge in [-0.1, -0.05) is 30.3 Å². The molecule has 1 saturated heterocycles. The van der Waals surface area contributed by atoms with E-state index < -0.39 is 5.54 Å². The van der Waals surface area contributed by atoms with Crippen molar-refractivity contribution in [1.82, 2.24) is 19.6 Å². The topological polar surface area (TPSA) is 70.8 Å². The van der Waals surface area contributed by atoms with Gasteiger partial charge in [0.15, 0.2) is 0 Å². The molecular formula is C28H29N5O2. The molecule has 3 aromatic rings. The molecule has 178 valence electrons. The number of amides is 2. The predicted molar refractivity (Wildman–Crippen MR) is 134 cm³/mol. The Morgan fingerprint density at radius 2 is 1.77 bits per heavy atom.